The molecule has 0 radical (unpaired) electrons. The number of carboxylic acids is 1. The zero-order valence-electron chi connectivity index (χ0n) is 22.3. The van der Waals surface area contributed by atoms with Crippen LogP contribution in [0.25, 0.3) is 11.1 Å². The summed E-state index contributed by atoms with van der Waals surface area (Å²) in [4.78, 5) is 37.3. The summed E-state index contributed by atoms with van der Waals surface area (Å²) < 4.78 is 16.5. The van der Waals surface area contributed by atoms with Crippen molar-refractivity contribution in [3.63, 3.8) is 0 Å². The second-order valence-electron chi connectivity index (χ2n) is 9.65. The monoisotopic (exact) mass is 555 g/mol. The number of hydrogen-bond acceptors (Lipinski definition) is 7. The van der Waals surface area contributed by atoms with E-state index in [0.29, 0.717) is 0 Å². The molecule has 0 bridgehead atoms. The van der Waals surface area contributed by atoms with Gasteiger partial charge in [0, 0.05) is 12.0 Å². The van der Waals surface area contributed by atoms with E-state index in [9.17, 15) is 14.4 Å². The van der Waals surface area contributed by atoms with Crippen molar-refractivity contribution in [1.82, 2.24) is 15.8 Å². The van der Waals surface area contributed by atoms with Gasteiger partial charge in [0.15, 0.2) is 11.5 Å². The second-order valence-corrected chi connectivity index (χ2v) is 9.65. The molecule has 2 atom stereocenters. The number of carboxylic acid groups (broad SMARTS) is 1. The van der Waals surface area contributed by atoms with Crippen molar-refractivity contribution >= 4 is 18.0 Å². The van der Waals surface area contributed by atoms with Crippen LogP contribution in [0.3, 0.4) is 0 Å². The van der Waals surface area contributed by atoms with Gasteiger partial charge < -0.3 is 29.7 Å². The minimum Gasteiger partial charge on any atom is -0.476 e. The van der Waals surface area contributed by atoms with Crippen LogP contribution >= 0.6 is 0 Å². The first-order valence-electron chi connectivity index (χ1n) is 13.1. The number of ether oxygens (including phenoxy) is 2. The average molecular weight is 556 g/mol. The van der Waals surface area contributed by atoms with Crippen molar-refractivity contribution in [2.75, 3.05) is 6.61 Å². The molecule has 0 saturated heterocycles. The number of aromatic carboxylic acids is 1. The molecule has 5 rings (SSSR count). The van der Waals surface area contributed by atoms with Gasteiger partial charge in [0.25, 0.3) is 0 Å². The molecule has 0 saturated carbocycles. The molecule has 4 aromatic rings. The lowest BCUT2D eigenvalue weighted by molar-refractivity contribution is -0.127. The van der Waals surface area contributed by atoms with Gasteiger partial charge >= 0.3 is 12.1 Å². The summed E-state index contributed by atoms with van der Waals surface area (Å²) in [6.07, 6.45) is -1.50. The smallest absolute Gasteiger partial charge is 0.407 e. The minimum atomic E-state index is -1.25. The maximum Gasteiger partial charge on any atom is 0.407 e. The molecule has 10 nitrogen and oxygen atoms in total. The number of amides is 2. The molecule has 1 aliphatic rings. The molecule has 3 N–H and O–H groups in total. The van der Waals surface area contributed by atoms with Crippen LogP contribution < -0.4 is 10.6 Å². The van der Waals surface area contributed by atoms with E-state index in [1.54, 1.807) is 6.92 Å². The first kappa shape index (κ1) is 27.6. The summed E-state index contributed by atoms with van der Waals surface area (Å²) in [6.45, 7) is 1.85. The lowest BCUT2D eigenvalue weighted by Crippen LogP contribution is -2.53. The van der Waals surface area contributed by atoms with E-state index >= 15 is 0 Å². The highest BCUT2D eigenvalue weighted by Crippen LogP contribution is 2.44. The van der Waals surface area contributed by atoms with Crippen LogP contribution in [0, 0.1) is 0 Å². The highest BCUT2D eigenvalue weighted by Gasteiger charge is 2.31. The largest absolute Gasteiger partial charge is 0.476 e. The molecule has 3 aromatic carbocycles. The number of rotatable bonds is 11. The molecular formula is C31H29N3O7. The Kier molecular flexibility index (Phi) is 8.40. The Balaban J connectivity index is 1.25. The standard InChI is InChI=1S/C31H29N3O7/c1-19(39-17-20-9-3-2-4-10-20)28(29(35)32-16-21-15-27(30(36)37)34-41-21)33-31(38)40-18-26-24-13-7-5-11-22(24)23-12-6-8-14-25(23)26/h2-15,19,26,28H,16-18H2,1H3,(H,32,35)(H,33,38)(H,36,37)/t19-,28+/m0/s1. The van der Waals surface area contributed by atoms with Crippen LogP contribution in [-0.2, 0) is 27.4 Å². The van der Waals surface area contributed by atoms with E-state index in [1.165, 1.54) is 6.07 Å². The van der Waals surface area contributed by atoms with Crippen LogP contribution in [0.4, 0.5) is 4.79 Å². The predicted molar refractivity (Wildman–Crippen MR) is 148 cm³/mol. The Morgan fingerprint density at radius 3 is 2.22 bits per heavy atom. The van der Waals surface area contributed by atoms with Gasteiger partial charge in [-0.3, -0.25) is 4.79 Å². The number of benzene rings is 3. The van der Waals surface area contributed by atoms with E-state index in [2.05, 4.69) is 15.8 Å². The summed E-state index contributed by atoms with van der Waals surface area (Å²) in [6, 6.07) is 25.6. The zero-order valence-corrected chi connectivity index (χ0v) is 22.3. The molecule has 0 spiro atoms. The SMILES string of the molecule is C[C@H](OCc1ccccc1)[C@@H](NC(=O)OCC1c2ccccc2-c2ccccc21)C(=O)NCc1cc(C(=O)O)no1. The maximum absolute atomic E-state index is 13.2. The Morgan fingerprint density at radius 2 is 1.59 bits per heavy atom. The molecule has 210 valence electrons. The molecule has 0 fully saturated rings. The number of fused-ring (bicyclic) bond motifs is 3. The van der Waals surface area contributed by atoms with Crippen LogP contribution in [-0.4, -0.2) is 47.0 Å². The van der Waals surface area contributed by atoms with Gasteiger partial charge in [0.1, 0.15) is 12.6 Å². The number of alkyl carbamates (subject to hydrolysis) is 1. The van der Waals surface area contributed by atoms with E-state index in [-0.39, 0.29) is 37.1 Å². The van der Waals surface area contributed by atoms with Crippen molar-refractivity contribution in [2.24, 2.45) is 0 Å². The molecular weight excluding hydrogens is 526 g/mol. The van der Waals surface area contributed by atoms with Crippen molar-refractivity contribution in [2.45, 2.75) is 38.1 Å². The van der Waals surface area contributed by atoms with Crippen molar-refractivity contribution in [3.8, 4) is 11.1 Å². The van der Waals surface area contributed by atoms with Gasteiger partial charge in [0.05, 0.1) is 19.3 Å². The number of carbonyl (C=O) groups is 3. The number of nitrogens with zero attached hydrogens (tertiary/aromatic N) is 1. The minimum absolute atomic E-state index is 0.0868. The topological polar surface area (TPSA) is 140 Å². The second kappa shape index (κ2) is 12.5. The van der Waals surface area contributed by atoms with Crippen molar-refractivity contribution < 1.29 is 33.5 Å². The number of aromatic nitrogens is 1. The Hall–Kier alpha value is -4.96. The normalized spacial score (nSPS) is 13.5. The molecule has 1 aliphatic carbocycles. The molecule has 10 heteroatoms. The maximum atomic E-state index is 13.2. The third-order valence-electron chi connectivity index (χ3n) is 6.94. The third-order valence-corrected chi connectivity index (χ3v) is 6.94. The van der Waals surface area contributed by atoms with Crippen molar-refractivity contribution in [1.29, 1.82) is 0 Å². The molecule has 2 amide bonds. The summed E-state index contributed by atoms with van der Waals surface area (Å²) >= 11 is 0. The van der Waals surface area contributed by atoms with Crippen LogP contribution in [0.15, 0.2) is 89.5 Å². The number of nitrogens with one attached hydrogen (secondary N) is 2. The average Bonchev–Trinajstić information content (AvgIpc) is 3.60. The lowest BCUT2D eigenvalue weighted by Gasteiger charge is -2.25. The fraction of sp³-hybridized carbons (Fsp3) is 0.226. The number of hydrogen-bond donors (Lipinski definition) is 3. The van der Waals surface area contributed by atoms with E-state index < -0.39 is 30.1 Å². The van der Waals surface area contributed by atoms with Gasteiger partial charge in [0.2, 0.25) is 5.91 Å². The quantitative estimate of drug-likeness (QED) is 0.246. The van der Waals surface area contributed by atoms with E-state index in [4.69, 9.17) is 19.1 Å². The van der Waals surface area contributed by atoms with E-state index in [1.807, 2.05) is 78.9 Å². The zero-order chi connectivity index (χ0) is 28.8. The predicted octanol–water partition coefficient (Wildman–Crippen LogP) is 4.50. The first-order valence-corrected chi connectivity index (χ1v) is 13.1. The summed E-state index contributed by atoms with van der Waals surface area (Å²) in [5.41, 5.74) is 4.99. The molecule has 0 aliphatic heterocycles. The highest BCUT2D eigenvalue weighted by molar-refractivity contribution is 5.87. The van der Waals surface area contributed by atoms with Gasteiger partial charge in [-0.25, -0.2) is 9.59 Å². The number of carbonyl (C=O) groups excluding carboxylic acids is 2. The molecule has 0 unspecified atom stereocenters. The van der Waals surface area contributed by atoms with Gasteiger partial charge in [-0.05, 0) is 34.7 Å². The highest BCUT2D eigenvalue weighted by atomic mass is 16.5. The summed E-state index contributed by atoms with van der Waals surface area (Å²) in [5, 5.41) is 17.8. The lowest BCUT2D eigenvalue weighted by atomic mass is 9.98. The summed E-state index contributed by atoms with van der Waals surface area (Å²) in [5.74, 6) is -1.80. The fourth-order valence-corrected chi connectivity index (χ4v) is 4.84. The third kappa shape index (κ3) is 6.44. The molecule has 1 heterocycles. The fourth-order valence-electron chi connectivity index (χ4n) is 4.84. The molecule has 1 aromatic heterocycles. The van der Waals surface area contributed by atoms with Gasteiger partial charge in [-0.2, -0.15) is 0 Å². The first-order chi connectivity index (χ1) is 19.9. The molecule has 41 heavy (non-hydrogen) atoms. The van der Waals surface area contributed by atoms with Gasteiger partial charge in [-0.15, -0.1) is 0 Å². The van der Waals surface area contributed by atoms with Crippen LogP contribution in [0.1, 0.15) is 45.8 Å². The van der Waals surface area contributed by atoms with Crippen LogP contribution in [0.2, 0.25) is 0 Å². The van der Waals surface area contributed by atoms with E-state index in [0.717, 1.165) is 27.8 Å². The Labute approximate surface area is 236 Å². The Morgan fingerprint density at radius 1 is 0.951 bits per heavy atom. The van der Waals surface area contributed by atoms with Gasteiger partial charge in [-0.1, -0.05) is 84.0 Å². The Bertz CT molecular complexity index is 1490. The van der Waals surface area contributed by atoms with Crippen molar-refractivity contribution in [3.05, 3.63) is 113 Å². The summed E-state index contributed by atoms with van der Waals surface area (Å²) in [7, 11) is 0. The van der Waals surface area contributed by atoms with Crippen LogP contribution in [0.5, 0.6) is 0 Å².